The van der Waals surface area contributed by atoms with Crippen molar-refractivity contribution >= 4 is 28.0 Å². The summed E-state index contributed by atoms with van der Waals surface area (Å²) in [6.45, 7) is 4.25. The van der Waals surface area contributed by atoms with E-state index in [4.69, 9.17) is 9.47 Å². The Labute approximate surface area is 156 Å². The third kappa shape index (κ3) is 3.48. The van der Waals surface area contributed by atoms with Crippen LogP contribution in [0, 0.1) is 6.92 Å². The molecule has 1 aromatic carbocycles. The Morgan fingerprint density at radius 3 is 2.22 bits per heavy atom. The van der Waals surface area contributed by atoms with E-state index in [9.17, 15) is 22.8 Å². The zero-order chi connectivity index (χ0) is 19.9. The molecule has 2 saturated heterocycles. The number of benzene rings is 1. The summed E-state index contributed by atoms with van der Waals surface area (Å²) in [5, 5.41) is 0. The van der Waals surface area contributed by atoms with Crippen molar-refractivity contribution in [2.45, 2.75) is 50.5 Å². The van der Waals surface area contributed by atoms with Gasteiger partial charge in [0.25, 0.3) is 10.0 Å². The number of nitrogens with zero attached hydrogens (tertiary/aromatic N) is 2. The van der Waals surface area contributed by atoms with E-state index < -0.39 is 46.4 Å². The van der Waals surface area contributed by atoms with E-state index in [1.807, 2.05) is 6.92 Å². The Bertz CT molecular complexity index is 881. The van der Waals surface area contributed by atoms with Crippen molar-refractivity contribution in [3.63, 3.8) is 0 Å². The molecule has 0 N–H and O–H groups in total. The molecule has 2 fully saturated rings. The second-order valence-corrected chi connectivity index (χ2v) is 8.40. The minimum atomic E-state index is -4.22. The molecule has 0 aliphatic carbocycles. The molecule has 146 valence electrons. The van der Waals surface area contributed by atoms with Crippen LogP contribution in [-0.2, 0) is 29.1 Å². The summed E-state index contributed by atoms with van der Waals surface area (Å²) < 4.78 is 37.0. The number of carbonyl (C=O) groups is 3. The molecule has 2 amide bonds. The van der Waals surface area contributed by atoms with Gasteiger partial charge in [-0.3, -0.25) is 9.59 Å². The van der Waals surface area contributed by atoms with Crippen LogP contribution in [0.3, 0.4) is 0 Å². The fourth-order valence-corrected chi connectivity index (χ4v) is 4.86. The fraction of sp³-hybridized carbons (Fsp3) is 0.471. The second-order valence-electron chi connectivity index (χ2n) is 6.58. The number of rotatable bonds is 4. The van der Waals surface area contributed by atoms with Crippen LogP contribution in [0.2, 0.25) is 0 Å². The monoisotopic (exact) mass is 396 g/mol. The van der Waals surface area contributed by atoms with Gasteiger partial charge < -0.3 is 14.4 Å². The molecule has 0 aromatic heterocycles. The number of hydrogen-bond donors (Lipinski definition) is 0. The first-order valence-corrected chi connectivity index (χ1v) is 9.81. The van der Waals surface area contributed by atoms with Gasteiger partial charge in [0.05, 0.1) is 17.5 Å². The van der Waals surface area contributed by atoms with E-state index >= 15 is 0 Å². The maximum Gasteiger partial charge on any atom is 0.337 e. The van der Waals surface area contributed by atoms with Crippen LogP contribution < -0.4 is 0 Å². The van der Waals surface area contributed by atoms with Gasteiger partial charge in [-0.05, 0) is 19.1 Å². The standard InChI is InChI=1S/C17H20N2O7S/c1-10-4-6-14(7-5-10)27(23,24)19-16(26-12(3)21)15-8-13(25-11(2)20)9-18(15)17(19)22/h4-7,13,15-16H,8-9H2,1-3H3/t13-,15+,16-/m1/s1. The number of carbonyl (C=O) groups excluding carboxylic acids is 3. The third-order valence-electron chi connectivity index (χ3n) is 4.50. The molecule has 2 heterocycles. The number of hydrogen-bond acceptors (Lipinski definition) is 7. The van der Waals surface area contributed by atoms with E-state index in [0.29, 0.717) is 4.31 Å². The first-order chi connectivity index (χ1) is 12.6. The average Bonchev–Trinajstić information content (AvgIpc) is 3.06. The van der Waals surface area contributed by atoms with Gasteiger partial charge >= 0.3 is 18.0 Å². The van der Waals surface area contributed by atoms with Crippen LogP contribution in [-0.4, -0.2) is 60.5 Å². The minimum absolute atomic E-state index is 0.0424. The summed E-state index contributed by atoms with van der Waals surface area (Å²) in [4.78, 5) is 36.8. The lowest BCUT2D eigenvalue weighted by atomic mass is 10.2. The molecule has 3 rings (SSSR count). The molecule has 27 heavy (non-hydrogen) atoms. The van der Waals surface area contributed by atoms with Crippen molar-refractivity contribution < 1.29 is 32.3 Å². The summed E-state index contributed by atoms with van der Waals surface area (Å²) in [5.74, 6) is -1.21. The van der Waals surface area contributed by atoms with Crippen LogP contribution >= 0.6 is 0 Å². The lowest BCUT2D eigenvalue weighted by Crippen LogP contribution is -2.44. The van der Waals surface area contributed by atoms with Crippen LogP contribution in [0.5, 0.6) is 0 Å². The van der Waals surface area contributed by atoms with Crippen molar-refractivity contribution in [3.8, 4) is 0 Å². The highest BCUT2D eigenvalue weighted by Crippen LogP contribution is 2.37. The lowest BCUT2D eigenvalue weighted by molar-refractivity contribution is -0.152. The van der Waals surface area contributed by atoms with Crippen LogP contribution in [0.4, 0.5) is 4.79 Å². The molecule has 0 bridgehead atoms. The summed E-state index contributed by atoms with van der Waals surface area (Å²) in [5.41, 5.74) is 0.864. The van der Waals surface area contributed by atoms with Gasteiger partial charge in [-0.2, -0.15) is 4.31 Å². The van der Waals surface area contributed by atoms with E-state index in [1.54, 1.807) is 12.1 Å². The predicted octanol–water partition coefficient (Wildman–Crippen LogP) is 1.01. The Kier molecular flexibility index (Phi) is 4.85. The number of esters is 2. The van der Waals surface area contributed by atoms with Crippen LogP contribution in [0.1, 0.15) is 25.8 Å². The molecule has 0 spiro atoms. The lowest BCUT2D eigenvalue weighted by Gasteiger charge is -2.25. The normalized spacial score (nSPS) is 24.7. The number of aryl methyl sites for hydroxylation is 1. The fourth-order valence-electron chi connectivity index (χ4n) is 3.39. The summed E-state index contributed by atoms with van der Waals surface area (Å²) in [7, 11) is -4.22. The van der Waals surface area contributed by atoms with Gasteiger partial charge in [0.15, 0.2) is 0 Å². The zero-order valence-corrected chi connectivity index (χ0v) is 15.9. The Hall–Kier alpha value is -2.62. The molecular weight excluding hydrogens is 376 g/mol. The van der Waals surface area contributed by atoms with E-state index in [-0.39, 0.29) is 17.9 Å². The molecule has 0 saturated carbocycles. The number of urea groups is 1. The molecular formula is C17H20N2O7S. The molecule has 0 unspecified atom stereocenters. The molecule has 0 radical (unpaired) electrons. The second kappa shape index (κ2) is 6.84. The molecule has 9 nitrogen and oxygen atoms in total. The number of ether oxygens (including phenoxy) is 2. The minimum Gasteiger partial charge on any atom is -0.461 e. The zero-order valence-electron chi connectivity index (χ0n) is 15.1. The number of fused-ring (bicyclic) bond motifs is 1. The molecule has 10 heteroatoms. The van der Waals surface area contributed by atoms with Gasteiger partial charge in [0, 0.05) is 20.3 Å². The number of sulfonamides is 1. The van der Waals surface area contributed by atoms with Crippen molar-refractivity contribution in [2.24, 2.45) is 0 Å². The van der Waals surface area contributed by atoms with Gasteiger partial charge in [0.1, 0.15) is 6.10 Å². The quantitative estimate of drug-likeness (QED) is 0.699. The van der Waals surface area contributed by atoms with E-state index in [1.165, 1.54) is 24.0 Å². The third-order valence-corrected chi connectivity index (χ3v) is 6.25. The molecule has 3 atom stereocenters. The van der Waals surface area contributed by atoms with E-state index in [2.05, 4.69) is 0 Å². The maximum atomic E-state index is 13.0. The van der Waals surface area contributed by atoms with Crippen molar-refractivity contribution in [2.75, 3.05) is 6.54 Å². The SMILES string of the molecule is CC(=O)O[C@@H]1C[C@H]2[C@@H](OC(C)=O)N(S(=O)(=O)c3ccc(C)cc3)C(=O)N2C1. The average molecular weight is 396 g/mol. The smallest absolute Gasteiger partial charge is 0.337 e. The summed E-state index contributed by atoms with van der Waals surface area (Å²) in [6, 6.07) is 4.51. The molecule has 2 aliphatic rings. The topological polar surface area (TPSA) is 110 Å². The summed E-state index contributed by atoms with van der Waals surface area (Å²) in [6.07, 6.45) is -1.70. The highest BCUT2D eigenvalue weighted by molar-refractivity contribution is 7.89. The van der Waals surface area contributed by atoms with Crippen molar-refractivity contribution in [1.82, 2.24) is 9.21 Å². The van der Waals surface area contributed by atoms with Crippen molar-refractivity contribution in [3.05, 3.63) is 29.8 Å². The first-order valence-electron chi connectivity index (χ1n) is 8.37. The maximum absolute atomic E-state index is 13.0. The van der Waals surface area contributed by atoms with Crippen LogP contribution in [0.25, 0.3) is 0 Å². The van der Waals surface area contributed by atoms with Gasteiger partial charge in [-0.1, -0.05) is 17.7 Å². The predicted molar refractivity (Wildman–Crippen MR) is 91.8 cm³/mol. The summed E-state index contributed by atoms with van der Waals surface area (Å²) >= 11 is 0. The van der Waals surface area contributed by atoms with E-state index in [0.717, 1.165) is 12.5 Å². The highest BCUT2D eigenvalue weighted by atomic mass is 32.2. The highest BCUT2D eigenvalue weighted by Gasteiger charge is 2.57. The van der Waals surface area contributed by atoms with Gasteiger partial charge in [-0.15, -0.1) is 0 Å². The Morgan fingerprint density at radius 1 is 1.07 bits per heavy atom. The van der Waals surface area contributed by atoms with Gasteiger partial charge in [-0.25, -0.2) is 13.2 Å². The number of amides is 2. The largest absolute Gasteiger partial charge is 0.461 e. The van der Waals surface area contributed by atoms with Crippen molar-refractivity contribution in [1.29, 1.82) is 0 Å². The first kappa shape index (κ1) is 19.2. The van der Waals surface area contributed by atoms with Crippen LogP contribution in [0.15, 0.2) is 29.2 Å². The molecule has 1 aromatic rings. The Balaban J connectivity index is 1.95. The molecule has 2 aliphatic heterocycles. The Morgan fingerprint density at radius 2 is 1.67 bits per heavy atom. The van der Waals surface area contributed by atoms with Gasteiger partial charge in [0.2, 0.25) is 6.23 Å².